The molecule has 0 aromatic heterocycles. The number of carbonyl (C=O) groups is 1. The van der Waals surface area contributed by atoms with Crippen molar-refractivity contribution in [3.8, 4) is 0 Å². The van der Waals surface area contributed by atoms with Crippen molar-refractivity contribution < 1.29 is 14.3 Å². The van der Waals surface area contributed by atoms with Gasteiger partial charge in [-0.3, -0.25) is 0 Å². The Hall–Kier alpha value is -2.20. The Bertz CT molecular complexity index is 623. The Kier molecular flexibility index (Phi) is 5.06. The molecule has 2 aromatic carbocycles. The summed E-state index contributed by atoms with van der Waals surface area (Å²) >= 11 is 0. The normalized spacial score (nSPS) is 10.6. The van der Waals surface area contributed by atoms with Crippen LogP contribution in [0.2, 0.25) is 0 Å². The molecule has 0 aliphatic carbocycles. The van der Waals surface area contributed by atoms with E-state index in [1.165, 1.54) is 23.8 Å². The molecule has 0 heterocycles. The third-order valence-corrected chi connectivity index (χ3v) is 3.37. The molecular formula is C17H18FNO2. The largest absolute Gasteiger partial charge is 0.478 e. The lowest BCUT2D eigenvalue weighted by Crippen LogP contribution is -2.14. The number of aryl methyl sites for hydroxylation is 1. The number of aromatic carboxylic acids is 1. The standard InChI is InChI=1S/C17H18FNO2/c1-2-12-3-5-13(6-4-12)10-19-11-15-9-14(17(20)21)7-8-16(15)18/h3-9,19H,2,10-11H2,1H3,(H,20,21). The average molecular weight is 287 g/mol. The van der Waals surface area contributed by atoms with Crippen molar-refractivity contribution in [3.63, 3.8) is 0 Å². The second-order valence-corrected chi connectivity index (χ2v) is 4.88. The van der Waals surface area contributed by atoms with Gasteiger partial charge in [-0.1, -0.05) is 31.2 Å². The van der Waals surface area contributed by atoms with Gasteiger partial charge in [-0.25, -0.2) is 9.18 Å². The molecule has 0 saturated heterocycles. The molecule has 4 heteroatoms. The number of halogens is 1. The van der Waals surface area contributed by atoms with E-state index in [0.29, 0.717) is 18.7 Å². The number of carboxylic acid groups (broad SMARTS) is 1. The zero-order valence-corrected chi connectivity index (χ0v) is 11.9. The summed E-state index contributed by atoms with van der Waals surface area (Å²) < 4.78 is 13.6. The van der Waals surface area contributed by atoms with E-state index in [1.54, 1.807) is 0 Å². The molecule has 2 N–H and O–H groups in total. The quantitative estimate of drug-likeness (QED) is 0.856. The summed E-state index contributed by atoms with van der Waals surface area (Å²) in [4.78, 5) is 10.9. The van der Waals surface area contributed by atoms with Crippen LogP contribution in [0.15, 0.2) is 42.5 Å². The second kappa shape index (κ2) is 6.99. The second-order valence-electron chi connectivity index (χ2n) is 4.88. The Balaban J connectivity index is 1.96. The summed E-state index contributed by atoms with van der Waals surface area (Å²) in [6.45, 7) is 3.01. The first-order chi connectivity index (χ1) is 10.1. The smallest absolute Gasteiger partial charge is 0.335 e. The number of benzene rings is 2. The van der Waals surface area contributed by atoms with Gasteiger partial charge < -0.3 is 10.4 Å². The van der Waals surface area contributed by atoms with Crippen LogP contribution in [0.25, 0.3) is 0 Å². The summed E-state index contributed by atoms with van der Waals surface area (Å²) in [5.74, 6) is -1.44. The molecule has 21 heavy (non-hydrogen) atoms. The molecule has 0 bridgehead atoms. The summed E-state index contributed by atoms with van der Waals surface area (Å²) in [5.41, 5.74) is 2.85. The van der Waals surface area contributed by atoms with Crippen LogP contribution in [-0.4, -0.2) is 11.1 Å². The molecule has 0 spiro atoms. The lowest BCUT2D eigenvalue weighted by Gasteiger charge is -2.08. The van der Waals surface area contributed by atoms with Crippen LogP contribution in [-0.2, 0) is 19.5 Å². The first kappa shape index (κ1) is 15.2. The minimum atomic E-state index is -1.05. The maximum atomic E-state index is 13.6. The topological polar surface area (TPSA) is 49.3 Å². The van der Waals surface area contributed by atoms with Gasteiger partial charge in [0.15, 0.2) is 0 Å². The molecule has 0 aliphatic heterocycles. The number of hydrogen-bond acceptors (Lipinski definition) is 2. The van der Waals surface area contributed by atoms with Crippen molar-refractivity contribution >= 4 is 5.97 Å². The Morgan fingerprint density at radius 2 is 1.76 bits per heavy atom. The van der Waals surface area contributed by atoms with E-state index in [4.69, 9.17) is 5.11 Å². The monoisotopic (exact) mass is 287 g/mol. The van der Waals surface area contributed by atoms with Gasteiger partial charge in [-0.05, 0) is 35.7 Å². The summed E-state index contributed by atoms with van der Waals surface area (Å²) in [5, 5.41) is 12.0. The minimum Gasteiger partial charge on any atom is -0.478 e. The fraction of sp³-hybridized carbons (Fsp3) is 0.235. The molecule has 0 amide bonds. The molecule has 3 nitrogen and oxygen atoms in total. The first-order valence-electron chi connectivity index (χ1n) is 6.90. The van der Waals surface area contributed by atoms with Gasteiger partial charge in [-0.15, -0.1) is 0 Å². The molecule has 0 fully saturated rings. The maximum Gasteiger partial charge on any atom is 0.335 e. The van der Waals surface area contributed by atoms with Crippen molar-refractivity contribution in [2.45, 2.75) is 26.4 Å². The molecule has 0 aliphatic rings. The highest BCUT2D eigenvalue weighted by Crippen LogP contribution is 2.11. The van der Waals surface area contributed by atoms with Gasteiger partial charge in [0.1, 0.15) is 5.82 Å². The summed E-state index contributed by atoms with van der Waals surface area (Å²) in [6, 6.07) is 12.0. The zero-order valence-electron chi connectivity index (χ0n) is 11.9. The minimum absolute atomic E-state index is 0.0977. The number of hydrogen-bond donors (Lipinski definition) is 2. The van der Waals surface area contributed by atoms with Gasteiger partial charge in [0.2, 0.25) is 0 Å². The maximum absolute atomic E-state index is 13.6. The Morgan fingerprint density at radius 3 is 2.38 bits per heavy atom. The van der Waals surface area contributed by atoms with E-state index >= 15 is 0 Å². The highest BCUT2D eigenvalue weighted by Gasteiger charge is 2.08. The fourth-order valence-electron chi connectivity index (χ4n) is 2.08. The van der Waals surface area contributed by atoms with Crippen LogP contribution < -0.4 is 5.32 Å². The van der Waals surface area contributed by atoms with Crippen molar-refractivity contribution in [2.24, 2.45) is 0 Å². The number of rotatable bonds is 6. The van der Waals surface area contributed by atoms with Gasteiger partial charge in [0.05, 0.1) is 5.56 Å². The molecule has 0 radical (unpaired) electrons. The Morgan fingerprint density at radius 1 is 1.10 bits per heavy atom. The predicted molar refractivity (Wildman–Crippen MR) is 79.7 cm³/mol. The van der Waals surface area contributed by atoms with Crippen LogP contribution in [0.4, 0.5) is 4.39 Å². The summed E-state index contributed by atoms with van der Waals surface area (Å²) in [6.07, 6.45) is 1.00. The van der Waals surface area contributed by atoms with E-state index in [0.717, 1.165) is 12.0 Å². The Labute approximate surface area is 123 Å². The fourth-order valence-corrected chi connectivity index (χ4v) is 2.08. The van der Waals surface area contributed by atoms with Crippen molar-refractivity contribution in [1.82, 2.24) is 5.32 Å². The van der Waals surface area contributed by atoms with Crippen LogP contribution in [0.1, 0.15) is 34.0 Å². The summed E-state index contributed by atoms with van der Waals surface area (Å²) in [7, 11) is 0. The third-order valence-electron chi connectivity index (χ3n) is 3.37. The lowest BCUT2D eigenvalue weighted by molar-refractivity contribution is 0.0696. The van der Waals surface area contributed by atoms with Crippen molar-refractivity contribution in [2.75, 3.05) is 0 Å². The number of carboxylic acids is 1. The van der Waals surface area contributed by atoms with Crippen molar-refractivity contribution in [1.29, 1.82) is 0 Å². The van der Waals surface area contributed by atoms with Gasteiger partial charge >= 0.3 is 5.97 Å². The molecule has 0 unspecified atom stereocenters. The van der Waals surface area contributed by atoms with Crippen LogP contribution >= 0.6 is 0 Å². The highest BCUT2D eigenvalue weighted by molar-refractivity contribution is 5.87. The van der Waals surface area contributed by atoms with Gasteiger partial charge in [0.25, 0.3) is 0 Å². The SMILES string of the molecule is CCc1ccc(CNCc2cc(C(=O)O)ccc2F)cc1. The first-order valence-corrected chi connectivity index (χ1v) is 6.90. The molecule has 0 atom stereocenters. The van der Waals surface area contributed by atoms with E-state index in [9.17, 15) is 9.18 Å². The zero-order chi connectivity index (χ0) is 15.2. The van der Waals surface area contributed by atoms with Crippen LogP contribution in [0.5, 0.6) is 0 Å². The molecule has 110 valence electrons. The van der Waals surface area contributed by atoms with E-state index in [1.807, 2.05) is 12.1 Å². The van der Waals surface area contributed by atoms with Crippen LogP contribution in [0, 0.1) is 5.82 Å². The van der Waals surface area contributed by atoms with Crippen LogP contribution in [0.3, 0.4) is 0 Å². The van der Waals surface area contributed by atoms with E-state index in [2.05, 4.69) is 24.4 Å². The lowest BCUT2D eigenvalue weighted by atomic mass is 10.1. The molecular weight excluding hydrogens is 269 g/mol. The van der Waals surface area contributed by atoms with Crippen molar-refractivity contribution in [3.05, 3.63) is 70.5 Å². The molecule has 0 saturated carbocycles. The third kappa shape index (κ3) is 4.13. The van der Waals surface area contributed by atoms with Gasteiger partial charge in [-0.2, -0.15) is 0 Å². The predicted octanol–water partition coefficient (Wildman–Crippen LogP) is 3.38. The van der Waals surface area contributed by atoms with E-state index < -0.39 is 11.8 Å². The van der Waals surface area contributed by atoms with E-state index in [-0.39, 0.29) is 5.56 Å². The van der Waals surface area contributed by atoms with Gasteiger partial charge in [0, 0.05) is 18.7 Å². The highest BCUT2D eigenvalue weighted by atomic mass is 19.1. The molecule has 2 aromatic rings. The molecule has 2 rings (SSSR count). The number of nitrogens with one attached hydrogen (secondary N) is 1. The average Bonchev–Trinajstić information content (AvgIpc) is 2.49.